The van der Waals surface area contributed by atoms with Gasteiger partial charge in [-0.25, -0.2) is 0 Å². The maximum atomic E-state index is 13.1. The number of carboxylic acid groups (broad SMARTS) is 1. The van der Waals surface area contributed by atoms with E-state index < -0.39 is 43.0 Å². The molecule has 144 valence electrons. The Morgan fingerprint density at radius 2 is 1.92 bits per heavy atom. The Bertz CT molecular complexity index is 689. The van der Waals surface area contributed by atoms with E-state index in [-0.39, 0.29) is 17.4 Å². The summed E-state index contributed by atoms with van der Waals surface area (Å²) in [6.45, 7) is 2.27. The number of hydrogen-bond acceptors (Lipinski definition) is 4. The molecule has 1 fully saturated rings. The summed E-state index contributed by atoms with van der Waals surface area (Å²) in [5.41, 5.74) is 0.0615. The summed E-state index contributed by atoms with van der Waals surface area (Å²) in [6, 6.07) is 4.36. The van der Waals surface area contributed by atoms with Gasteiger partial charge in [-0.15, -0.1) is 0 Å². The molecule has 26 heavy (non-hydrogen) atoms. The van der Waals surface area contributed by atoms with Gasteiger partial charge in [0.15, 0.2) is 0 Å². The van der Waals surface area contributed by atoms with Crippen molar-refractivity contribution in [3.8, 4) is 11.5 Å². The number of likely N-dealkylation sites (tertiary alicyclic amines) is 1. The summed E-state index contributed by atoms with van der Waals surface area (Å²) in [7, 11) is 1.43. The van der Waals surface area contributed by atoms with Gasteiger partial charge in [0.25, 0.3) is 5.91 Å². The molecule has 0 aliphatic carbocycles. The quantitative estimate of drug-likeness (QED) is 0.857. The molecule has 1 saturated heterocycles. The van der Waals surface area contributed by atoms with Crippen LogP contribution in [0.2, 0.25) is 0 Å². The molecule has 1 heterocycles. The zero-order chi connectivity index (χ0) is 19.6. The van der Waals surface area contributed by atoms with Crippen LogP contribution in [0, 0.1) is 11.8 Å². The second-order valence-electron chi connectivity index (χ2n) is 6.33. The van der Waals surface area contributed by atoms with Crippen molar-refractivity contribution in [3.63, 3.8) is 0 Å². The lowest BCUT2D eigenvalue weighted by molar-refractivity contribution is -0.187. The van der Waals surface area contributed by atoms with E-state index in [2.05, 4.69) is 0 Å². The summed E-state index contributed by atoms with van der Waals surface area (Å²) in [6.07, 6.45) is -4.98. The minimum absolute atomic E-state index is 0.0615. The molecule has 1 aliphatic rings. The number of ether oxygens (including phenoxy) is 2. The van der Waals surface area contributed by atoms with Crippen molar-refractivity contribution < 1.29 is 37.3 Å². The lowest BCUT2D eigenvalue weighted by Gasteiger charge is -2.20. The fourth-order valence-corrected chi connectivity index (χ4v) is 2.88. The van der Waals surface area contributed by atoms with E-state index in [0.29, 0.717) is 5.75 Å². The first-order valence-corrected chi connectivity index (χ1v) is 7.98. The second kappa shape index (κ2) is 7.43. The first-order chi connectivity index (χ1) is 12.0. The first kappa shape index (κ1) is 19.9. The molecule has 1 aromatic carbocycles. The number of aliphatic carboxylic acids is 1. The van der Waals surface area contributed by atoms with Gasteiger partial charge in [0.05, 0.1) is 30.6 Å². The average molecular weight is 375 g/mol. The van der Waals surface area contributed by atoms with E-state index >= 15 is 0 Å². The number of carbonyl (C=O) groups is 2. The number of nitrogens with zero attached hydrogens (tertiary/aromatic N) is 1. The van der Waals surface area contributed by atoms with E-state index in [1.54, 1.807) is 13.8 Å². The second-order valence-corrected chi connectivity index (χ2v) is 6.33. The molecule has 0 radical (unpaired) electrons. The highest BCUT2D eigenvalue weighted by Gasteiger charge is 2.53. The molecule has 2 rings (SSSR count). The van der Waals surface area contributed by atoms with E-state index in [1.807, 2.05) is 0 Å². The molecular formula is C17H20F3NO5. The lowest BCUT2D eigenvalue weighted by atomic mass is 9.96. The average Bonchev–Trinajstić information content (AvgIpc) is 2.99. The zero-order valence-corrected chi connectivity index (χ0v) is 14.5. The normalized spacial score (nSPS) is 20.3. The van der Waals surface area contributed by atoms with Gasteiger partial charge >= 0.3 is 12.1 Å². The molecule has 9 heteroatoms. The molecule has 1 aliphatic heterocycles. The fourth-order valence-electron chi connectivity index (χ4n) is 2.88. The predicted molar refractivity (Wildman–Crippen MR) is 85.3 cm³/mol. The highest BCUT2D eigenvalue weighted by molar-refractivity contribution is 5.97. The number of rotatable bonds is 5. The summed E-state index contributed by atoms with van der Waals surface area (Å²) in [5, 5.41) is 9.08. The lowest BCUT2D eigenvalue weighted by Crippen LogP contribution is -2.34. The monoisotopic (exact) mass is 375 g/mol. The maximum Gasteiger partial charge on any atom is 0.394 e. The van der Waals surface area contributed by atoms with Crippen LogP contribution in [0.25, 0.3) is 0 Å². The number of carbonyl (C=O) groups excluding carboxylic acids is 1. The first-order valence-electron chi connectivity index (χ1n) is 7.98. The molecular weight excluding hydrogens is 355 g/mol. The van der Waals surface area contributed by atoms with Crippen LogP contribution in [0.4, 0.5) is 13.2 Å². The van der Waals surface area contributed by atoms with Crippen LogP contribution >= 0.6 is 0 Å². The van der Waals surface area contributed by atoms with Crippen molar-refractivity contribution in [1.82, 2.24) is 4.90 Å². The van der Waals surface area contributed by atoms with E-state index in [1.165, 1.54) is 25.3 Å². The van der Waals surface area contributed by atoms with Crippen LogP contribution in [-0.4, -0.2) is 54.4 Å². The van der Waals surface area contributed by atoms with Gasteiger partial charge in [0.1, 0.15) is 11.5 Å². The molecule has 1 N–H and O–H groups in total. The molecule has 2 atom stereocenters. The van der Waals surface area contributed by atoms with Gasteiger partial charge in [-0.2, -0.15) is 13.2 Å². The number of methoxy groups -OCH3 is 1. The largest absolute Gasteiger partial charge is 0.497 e. The molecule has 0 aromatic heterocycles. The fraction of sp³-hybridized carbons (Fsp3) is 0.529. The van der Waals surface area contributed by atoms with Crippen molar-refractivity contribution in [1.29, 1.82) is 0 Å². The zero-order valence-electron chi connectivity index (χ0n) is 14.5. The number of halogens is 3. The smallest absolute Gasteiger partial charge is 0.394 e. The number of carboxylic acids is 1. The molecule has 0 unspecified atom stereocenters. The Hall–Kier alpha value is -2.45. The van der Waals surface area contributed by atoms with E-state index in [9.17, 15) is 22.8 Å². The van der Waals surface area contributed by atoms with Gasteiger partial charge in [-0.05, 0) is 26.0 Å². The van der Waals surface area contributed by atoms with Crippen molar-refractivity contribution in [2.45, 2.75) is 26.1 Å². The van der Waals surface area contributed by atoms with Crippen LogP contribution in [-0.2, 0) is 4.79 Å². The van der Waals surface area contributed by atoms with Crippen LogP contribution in [0.1, 0.15) is 24.2 Å². The third-order valence-electron chi connectivity index (χ3n) is 4.13. The van der Waals surface area contributed by atoms with E-state index in [0.717, 1.165) is 4.90 Å². The molecule has 0 spiro atoms. The number of benzene rings is 1. The minimum atomic E-state index is -4.70. The van der Waals surface area contributed by atoms with Crippen LogP contribution in [0.5, 0.6) is 11.5 Å². The van der Waals surface area contributed by atoms with Crippen molar-refractivity contribution in [2.75, 3.05) is 20.2 Å². The highest BCUT2D eigenvalue weighted by atomic mass is 19.4. The van der Waals surface area contributed by atoms with Crippen molar-refractivity contribution in [2.24, 2.45) is 11.8 Å². The Kier molecular flexibility index (Phi) is 5.68. The molecule has 1 aromatic rings. The Balaban J connectivity index is 2.33. The van der Waals surface area contributed by atoms with Crippen LogP contribution < -0.4 is 9.47 Å². The van der Waals surface area contributed by atoms with Crippen molar-refractivity contribution >= 4 is 11.9 Å². The molecule has 1 amide bonds. The van der Waals surface area contributed by atoms with Gasteiger partial charge in [-0.3, -0.25) is 9.59 Å². The summed E-state index contributed by atoms with van der Waals surface area (Å²) >= 11 is 0. The van der Waals surface area contributed by atoms with Gasteiger partial charge in [0.2, 0.25) is 0 Å². The molecule has 6 nitrogen and oxygen atoms in total. The summed E-state index contributed by atoms with van der Waals surface area (Å²) in [4.78, 5) is 24.8. The SMILES string of the molecule is COc1ccc(C(=O)N2C[C@@H](C(F)(F)F)[C@H](C(=O)O)C2)c(OC(C)C)c1. The predicted octanol–water partition coefficient (Wildman–Crippen LogP) is 2.82. The number of hydrogen-bond donors (Lipinski definition) is 1. The van der Waals surface area contributed by atoms with E-state index in [4.69, 9.17) is 14.6 Å². The number of amides is 1. The van der Waals surface area contributed by atoms with Crippen molar-refractivity contribution in [3.05, 3.63) is 23.8 Å². The van der Waals surface area contributed by atoms with Crippen LogP contribution in [0.15, 0.2) is 18.2 Å². The highest BCUT2D eigenvalue weighted by Crippen LogP contribution is 2.39. The topological polar surface area (TPSA) is 76.1 Å². The maximum absolute atomic E-state index is 13.1. The molecule has 0 bridgehead atoms. The Labute approximate surface area is 148 Å². The number of alkyl halides is 3. The minimum Gasteiger partial charge on any atom is -0.497 e. The Morgan fingerprint density at radius 1 is 1.27 bits per heavy atom. The van der Waals surface area contributed by atoms with Gasteiger partial charge in [0, 0.05) is 19.2 Å². The molecule has 0 saturated carbocycles. The Morgan fingerprint density at radius 3 is 2.38 bits per heavy atom. The third-order valence-corrected chi connectivity index (χ3v) is 4.13. The standard InChI is InChI=1S/C17H20F3NO5/c1-9(2)26-14-6-10(25-3)4-5-11(14)15(22)21-7-12(16(23)24)13(8-21)17(18,19)20/h4-6,9,12-13H,7-8H2,1-3H3,(H,23,24)/t12-,13-/m1/s1. The van der Waals surface area contributed by atoms with Gasteiger partial charge in [-0.1, -0.05) is 0 Å². The van der Waals surface area contributed by atoms with Crippen LogP contribution in [0.3, 0.4) is 0 Å². The summed E-state index contributed by atoms with van der Waals surface area (Å²) in [5.74, 6) is -5.47. The van der Waals surface area contributed by atoms with Gasteiger partial charge < -0.3 is 19.5 Å². The third kappa shape index (κ3) is 4.20. The summed E-state index contributed by atoms with van der Waals surface area (Å²) < 4.78 is 50.0.